The molecular formula is C24H18Cl2N2O5S. The van der Waals surface area contributed by atoms with E-state index in [1.54, 1.807) is 42.5 Å². The first-order valence-electron chi connectivity index (χ1n) is 9.98. The molecule has 0 aliphatic rings. The topological polar surface area (TPSA) is 85.7 Å². The van der Waals surface area contributed by atoms with E-state index in [0.29, 0.717) is 10.9 Å². The fourth-order valence-electron chi connectivity index (χ4n) is 3.53. The summed E-state index contributed by atoms with van der Waals surface area (Å²) in [5.41, 5.74) is 0.800. The smallest absolute Gasteiger partial charge is 0.340 e. The number of nitrogens with zero attached hydrogens (tertiary/aromatic N) is 2. The van der Waals surface area contributed by atoms with E-state index < -0.39 is 28.4 Å². The second-order valence-electron chi connectivity index (χ2n) is 7.24. The molecule has 4 rings (SSSR count). The summed E-state index contributed by atoms with van der Waals surface area (Å²) < 4.78 is 34.1. The summed E-state index contributed by atoms with van der Waals surface area (Å²) in [6.07, 6.45) is 1.35. The third kappa shape index (κ3) is 4.40. The lowest BCUT2D eigenvalue weighted by Gasteiger charge is -2.24. The lowest BCUT2D eigenvalue weighted by atomic mass is 10.2. The molecule has 0 bridgehead atoms. The Morgan fingerprint density at radius 3 is 2.29 bits per heavy atom. The molecule has 7 nitrogen and oxygen atoms in total. The Kier molecular flexibility index (Phi) is 6.65. The van der Waals surface area contributed by atoms with Crippen LogP contribution in [0.1, 0.15) is 15.2 Å². The van der Waals surface area contributed by atoms with Crippen molar-refractivity contribution < 1.29 is 22.7 Å². The molecule has 34 heavy (non-hydrogen) atoms. The van der Waals surface area contributed by atoms with Crippen LogP contribution in [0.5, 0.6) is 0 Å². The summed E-state index contributed by atoms with van der Waals surface area (Å²) in [6, 6.07) is 18.8. The van der Waals surface area contributed by atoms with Gasteiger partial charge in [0.25, 0.3) is 15.9 Å². The van der Waals surface area contributed by atoms with Crippen LogP contribution in [0.15, 0.2) is 83.9 Å². The monoisotopic (exact) mass is 516 g/mol. The number of sulfonamides is 1. The molecule has 0 atom stereocenters. The molecule has 4 aromatic rings. The molecule has 0 aliphatic carbocycles. The van der Waals surface area contributed by atoms with Gasteiger partial charge in [0.1, 0.15) is 6.54 Å². The van der Waals surface area contributed by atoms with Crippen molar-refractivity contribution in [2.45, 2.75) is 4.90 Å². The Bertz CT molecular complexity index is 1500. The molecule has 1 aromatic heterocycles. The summed E-state index contributed by atoms with van der Waals surface area (Å²) in [5.74, 6) is -1.20. The van der Waals surface area contributed by atoms with E-state index in [-0.39, 0.29) is 26.2 Å². The van der Waals surface area contributed by atoms with Crippen LogP contribution in [-0.4, -0.2) is 38.5 Å². The predicted molar refractivity (Wildman–Crippen MR) is 131 cm³/mol. The predicted octanol–water partition coefficient (Wildman–Crippen LogP) is 5.27. The number of para-hydroxylation sites is 1. The van der Waals surface area contributed by atoms with Crippen LogP contribution < -0.4 is 4.31 Å². The number of aromatic nitrogens is 1. The highest BCUT2D eigenvalue weighted by molar-refractivity contribution is 7.92. The number of halogens is 2. The van der Waals surface area contributed by atoms with Crippen LogP contribution in [0.25, 0.3) is 10.9 Å². The number of anilines is 1. The number of fused-ring (bicyclic) bond motifs is 1. The number of ether oxygens (including phenoxy) is 1. The van der Waals surface area contributed by atoms with Gasteiger partial charge in [-0.05, 0) is 36.4 Å². The number of carbonyl (C=O) groups is 2. The second kappa shape index (κ2) is 9.50. The molecule has 0 aliphatic heterocycles. The van der Waals surface area contributed by atoms with Crippen LogP contribution >= 0.6 is 23.2 Å². The largest absolute Gasteiger partial charge is 0.465 e. The minimum Gasteiger partial charge on any atom is -0.465 e. The van der Waals surface area contributed by atoms with Gasteiger partial charge in [-0.15, -0.1) is 0 Å². The zero-order valence-corrected chi connectivity index (χ0v) is 20.1. The van der Waals surface area contributed by atoms with Gasteiger partial charge in [-0.25, -0.2) is 13.2 Å². The Balaban J connectivity index is 1.82. The molecule has 1 heterocycles. The number of hydrogen-bond donors (Lipinski definition) is 0. The van der Waals surface area contributed by atoms with E-state index in [9.17, 15) is 18.0 Å². The van der Waals surface area contributed by atoms with E-state index in [4.69, 9.17) is 27.9 Å². The lowest BCUT2D eigenvalue weighted by molar-refractivity contribution is 0.0603. The van der Waals surface area contributed by atoms with Gasteiger partial charge in [-0.2, -0.15) is 0 Å². The van der Waals surface area contributed by atoms with Crippen LogP contribution in [0, 0.1) is 0 Å². The first kappa shape index (κ1) is 23.8. The minimum atomic E-state index is -4.15. The van der Waals surface area contributed by atoms with E-state index in [0.717, 1.165) is 4.31 Å². The summed E-state index contributed by atoms with van der Waals surface area (Å²) in [6.45, 7) is -0.561. The number of carbonyl (C=O) groups excluding carboxylic acids is 2. The molecule has 0 amide bonds. The normalized spacial score (nSPS) is 11.4. The summed E-state index contributed by atoms with van der Waals surface area (Å²) >= 11 is 12.2. The number of methoxy groups -OCH3 is 1. The Morgan fingerprint density at radius 2 is 1.62 bits per heavy atom. The molecule has 0 saturated carbocycles. The Morgan fingerprint density at radius 1 is 0.941 bits per heavy atom. The third-order valence-corrected chi connectivity index (χ3v) is 7.71. The van der Waals surface area contributed by atoms with Gasteiger partial charge in [-0.3, -0.25) is 13.7 Å². The fourth-order valence-corrected chi connectivity index (χ4v) is 5.25. The molecular weight excluding hydrogens is 499 g/mol. The summed E-state index contributed by atoms with van der Waals surface area (Å²) in [5, 5.41) is 0.891. The molecule has 0 fully saturated rings. The van der Waals surface area contributed by atoms with Crippen molar-refractivity contribution >= 4 is 61.7 Å². The first-order chi connectivity index (χ1) is 16.2. The van der Waals surface area contributed by atoms with Crippen molar-refractivity contribution in [2.24, 2.45) is 0 Å². The van der Waals surface area contributed by atoms with E-state index in [2.05, 4.69) is 0 Å². The summed E-state index contributed by atoms with van der Waals surface area (Å²) in [4.78, 5) is 25.7. The molecule has 3 aromatic carbocycles. The average molecular weight is 517 g/mol. The maximum absolute atomic E-state index is 13.5. The fraction of sp³-hybridized carbons (Fsp3) is 0.0833. The quantitative estimate of drug-likeness (QED) is 0.326. The standard InChI is InChI=1S/C24H18Cl2N2O5S/c1-33-24(30)19-14-27(22-10-6-5-9-18(19)22)23(29)15-28(16-11-12-20(25)21(26)13-16)34(31,32)17-7-3-2-4-8-17/h2-14H,15H2,1H3. The van der Waals surface area contributed by atoms with Gasteiger partial charge >= 0.3 is 5.97 Å². The van der Waals surface area contributed by atoms with Crippen LogP contribution in [0.4, 0.5) is 5.69 Å². The minimum absolute atomic E-state index is 0.00138. The van der Waals surface area contributed by atoms with Gasteiger partial charge < -0.3 is 4.74 Å². The lowest BCUT2D eigenvalue weighted by Crippen LogP contribution is -2.37. The molecule has 0 saturated heterocycles. The van der Waals surface area contributed by atoms with Crippen molar-refractivity contribution in [1.29, 1.82) is 0 Å². The number of benzene rings is 3. The third-order valence-electron chi connectivity index (χ3n) is 5.19. The highest BCUT2D eigenvalue weighted by atomic mass is 35.5. The van der Waals surface area contributed by atoms with Gasteiger partial charge in [0.05, 0.1) is 38.8 Å². The molecule has 0 unspecified atom stereocenters. The van der Waals surface area contributed by atoms with Gasteiger partial charge in [0.15, 0.2) is 0 Å². The van der Waals surface area contributed by atoms with Gasteiger partial charge in [0, 0.05) is 11.6 Å². The maximum Gasteiger partial charge on any atom is 0.340 e. The highest BCUT2D eigenvalue weighted by Gasteiger charge is 2.29. The van der Waals surface area contributed by atoms with Crippen LogP contribution in [0.3, 0.4) is 0 Å². The van der Waals surface area contributed by atoms with Crippen molar-refractivity contribution in [3.05, 3.63) is 94.6 Å². The number of esters is 1. The van der Waals surface area contributed by atoms with E-state index >= 15 is 0 Å². The van der Waals surface area contributed by atoms with Crippen molar-refractivity contribution in [3.63, 3.8) is 0 Å². The molecule has 0 N–H and O–H groups in total. The average Bonchev–Trinajstić information content (AvgIpc) is 3.24. The highest BCUT2D eigenvalue weighted by Crippen LogP contribution is 2.31. The zero-order chi connectivity index (χ0) is 24.5. The van der Waals surface area contributed by atoms with Crippen molar-refractivity contribution in [2.75, 3.05) is 18.0 Å². The van der Waals surface area contributed by atoms with Gasteiger partial charge in [-0.1, -0.05) is 59.6 Å². The molecule has 10 heteroatoms. The van der Waals surface area contributed by atoms with Crippen LogP contribution in [-0.2, 0) is 14.8 Å². The number of hydrogen-bond acceptors (Lipinski definition) is 5. The van der Waals surface area contributed by atoms with E-state index in [1.807, 2.05) is 0 Å². The van der Waals surface area contributed by atoms with Gasteiger partial charge in [0.2, 0.25) is 0 Å². The Labute approximate surface area is 206 Å². The molecule has 0 spiro atoms. The molecule has 0 radical (unpaired) electrons. The molecule has 174 valence electrons. The van der Waals surface area contributed by atoms with Crippen molar-refractivity contribution in [3.8, 4) is 0 Å². The Hall–Kier alpha value is -3.33. The second-order valence-corrected chi connectivity index (χ2v) is 9.92. The SMILES string of the molecule is COC(=O)c1cn(C(=O)CN(c2ccc(Cl)c(Cl)c2)S(=O)(=O)c2ccccc2)c2ccccc12. The van der Waals surface area contributed by atoms with Crippen LogP contribution in [0.2, 0.25) is 10.0 Å². The first-order valence-corrected chi connectivity index (χ1v) is 12.2. The number of rotatable bonds is 6. The summed E-state index contributed by atoms with van der Waals surface area (Å²) in [7, 11) is -2.90. The zero-order valence-electron chi connectivity index (χ0n) is 17.8. The van der Waals surface area contributed by atoms with Crippen molar-refractivity contribution in [1.82, 2.24) is 4.57 Å². The maximum atomic E-state index is 13.5. The van der Waals surface area contributed by atoms with E-state index in [1.165, 1.54) is 48.2 Å².